The zero-order chi connectivity index (χ0) is 15.9. The first-order chi connectivity index (χ1) is 11.2. The number of H-pyrrole nitrogens is 1. The molecular formula is C14H15N7O2. The van der Waals surface area contributed by atoms with Gasteiger partial charge in [0.15, 0.2) is 17.0 Å². The van der Waals surface area contributed by atoms with Crippen LogP contribution in [-0.4, -0.2) is 53.9 Å². The van der Waals surface area contributed by atoms with Gasteiger partial charge in [0.2, 0.25) is 0 Å². The van der Waals surface area contributed by atoms with E-state index in [1.165, 1.54) is 6.33 Å². The van der Waals surface area contributed by atoms with Gasteiger partial charge in [0.1, 0.15) is 11.8 Å². The topological polar surface area (TPSA) is 113 Å². The average molecular weight is 313 g/mol. The summed E-state index contributed by atoms with van der Waals surface area (Å²) in [5.74, 6) is -0.0952. The number of hydrogen-bond acceptors (Lipinski definition) is 6. The van der Waals surface area contributed by atoms with E-state index in [9.17, 15) is 9.90 Å². The second kappa shape index (κ2) is 5.04. The summed E-state index contributed by atoms with van der Waals surface area (Å²) < 4.78 is 1.55. The van der Waals surface area contributed by atoms with Crippen molar-refractivity contribution in [2.45, 2.75) is 18.4 Å². The number of fused-ring (bicyclic) bond motifs is 1. The number of rotatable bonds is 3. The van der Waals surface area contributed by atoms with Crippen molar-refractivity contribution >= 4 is 23.0 Å². The summed E-state index contributed by atoms with van der Waals surface area (Å²) in [5.41, 5.74) is 0.381. The maximum absolute atomic E-state index is 11.9. The molecule has 0 bridgehead atoms. The lowest BCUT2D eigenvalue weighted by Crippen LogP contribution is -2.51. The largest absolute Gasteiger partial charge is 0.479 e. The Kier molecular flexibility index (Phi) is 3.00. The van der Waals surface area contributed by atoms with Crippen molar-refractivity contribution in [3.8, 4) is 0 Å². The lowest BCUT2D eigenvalue weighted by Gasteiger charge is -2.39. The fourth-order valence-corrected chi connectivity index (χ4v) is 3.14. The van der Waals surface area contributed by atoms with Gasteiger partial charge in [0, 0.05) is 38.3 Å². The Bertz CT molecular complexity index is 834. The van der Waals surface area contributed by atoms with Crippen LogP contribution in [0.25, 0.3) is 11.2 Å². The molecule has 2 N–H and O–H groups in total. The summed E-state index contributed by atoms with van der Waals surface area (Å²) >= 11 is 0. The van der Waals surface area contributed by atoms with Gasteiger partial charge in [-0.05, 0) is 6.07 Å². The molecule has 0 atom stereocenters. The van der Waals surface area contributed by atoms with Gasteiger partial charge >= 0.3 is 5.97 Å². The summed E-state index contributed by atoms with van der Waals surface area (Å²) in [4.78, 5) is 29.5. The molecule has 1 aliphatic heterocycles. The third-order valence-corrected chi connectivity index (χ3v) is 4.43. The highest BCUT2D eigenvalue weighted by atomic mass is 16.4. The van der Waals surface area contributed by atoms with Gasteiger partial charge in [-0.3, -0.25) is 4.68 Å². The van der Waals surface area contributed by atoms with E-state index in [4.69, 9.17) is 0 Å². The number of carboxylic acids is 1. The summed E-state index contributed by atoms with van der Waals surface area (Å²) in [6.07, 6.45) is 7.27. The Morgan fingerprint density at radius 2 is 2.09 bits per heavy atom. The fourth-order valence-electron chi connectivity index (χ4n) is 3.14. The minimum Gasteiger partial charge on any atom is -0.479 e. The summed E-state index contributed by atoms with van der Waals surface area (Å²) in [6.45, 7) is 1.13. The van der Waals surface area contributed by atoms with Crippen molar-refractivity contribution in [2.24, 2.45) is 0 Å². The molecule has 4 heterocycles. The molecule has 1 aliphatic rings. The Morgan fingerprint density at radius 3 is 2.78 bits per heavy atom. The number of imidazole rings is 1. The maximum Gasteiger partial charge on any atom is 0.331 e. The minimum atomic E-state index is -1.000. The smallest absolute Gasteiger partial charge is 0.331 e. The van der Waals surface area contributed by atoms with Crippen LogP contribution >= 0.6 is 0 Å². The van der Waals surface area contributed by atoms with E-state index in [2.05, 4.69) is 29.9 Å². The van der Waals surface area contributed by atoms with E-state index in [0.29, 0.717) is 31.6 Å². The molecule has 1 saturated heterocycles. The van der Waals surface area contributed by atoms with Crippen molar-refractivity contribution in [3.63, 3.8) is 0 Å². The average Bonchev–Trinajstić information content (AvgIpc) is 3.26. The number of hydrogen-bond donors (Lipinski definition) is 2. The molecule has 0 amide bonds. The summed E-state index contributed by atoms with van der Waals surface area (Å²) in [5, 5.41) is 13.9. The van der Waals surface area contributed by atoms with Crippen molar-refractivity contribution in [1.82, 2.24) is 29.7 Å². The van der Waals surface area contributed by atoms with Gasteiger partial charge in [0.05, 0.1) is 6.33 Å². The third-order valence-electron chi connectivity index (χ3n) is 4.43. The van der Waals surface area contributed by atoms with Crippen LogP contribution in [0.5, 0.6) is 0 Å². The Hall–Kier alpha value is -2.97. The van der Waals surface area contributed by atoms with Crippen LogP contribution < -0.4 is 4.90 Å². The van der Waals surface area contributed by atoms with Crippen LogP contribution in [-0.2, 0) is 10.3 Å². The molecule has 0 radical (unpaired) electrons. The zero-order valence-electron chi connectivity index (χ0n) is 12.3. The van der Waals surface area contributed by atoms with Crippen LogP contribution in [0, 0.1) is 0 Å². The van der Waals surface area contributed by atoms with Crippen LogP contribution in [0.3, 0.4) is 0 Å². The maximum atomic E-state index is 11.9. The highest BCUT2D eigenvalue weighted by Gasteiger charge is 2.44. The molecule has 9 heteroatoms. The highest BCUT2D eigenvalue weighted by molar-refractivity contribution is 5.83. The molecule has 0 spiro atoms. The normalized spacial score (nSPS) is 17.5. The Morgan fingerprint density at radius 1 is 1.26 bits per heavy atom. The number of nitrogens with one attached hydrogen (secondary N) is 1. The van der Waals surface area contributed by atoms with Gasteiger partial charge in [-0.1, -0.05) is 0 Å². The van der Waals surface area contributed by atoms with E-state index < -0.39 is 11.5 Å². The van der Waals surface area contributed by atoms with Crippen molar-refractivity contribution in [2.75, 3.05) is 18.0 Å². The molecule has 0 aromatic carbocycles. The predicted octanol–water partition coefficient (Wildman–Crippen LogP) is 0.630. The van der Waals surface area contributed by atoms with Gasteiger partial charge in [0.25, 0.3) is 0 Å². The standard InChI is InChI=1S/C14H15N7O2/c22-13(23)14(21-5-1-4-19-21)2-6-20(7-3-14)12-10-11(16-8-15-10)17-9-18-12/h1,4-5,8-9H,2-3,6-7H2,(H,22,23)(H,15,16,17,18). The first kappa shape index (κ1) is 13.7. The van der Waals surface area contributed by atoms with E-state index in [-0.39, 0.29) is 0 Å². The molecule has 118 valence electrons. The number of carboxylic acid groups (broad SMARTS) is 1. The second-order valence-electron chi connectivity index (χ2n) is 5.57. The molecule has 4 rings (SSSR count). The number of anilines is 1. The van der Waals surface area contributed by atoms with Crippen LogP contribution in [0.1, 0.15) is 12.8 Å². The van der Waals surface area contributed by atoms with Gasteiger partial charge in [-0.15, -0.1) is 0 Å². The highest BCUT2D eigenvalue weighted by Crippen LogP contribution is 2.33. The van der Waals surface area contributed by atoms with Crippen molar-refractivity contribution < 1.29 is 9.90 Å². The molecule has 3 aromatic rings. The number of carbonyl (C=O) groups is 1. The molecule has 3 aromatic heterocycles. The number of nitrogens with zero attached hydrogens (tertiary/aromatic N) is 6. The second-order valence-corrected chi connectivity index (χ2v) is 5.57. The van der Waals surface area contributed by atoms with Crippen LogP contribution in [0.15, 0.2) is 31.1 Å². The monoisotopic (exact) mass is 313 g/mol. The molecule has 0 saturated carbocycles. The molecule has 9 nitrogen and oxygen atoms in total. The Labute approximate surface area is 131 Å². The number of aromatic amines is 1. The molecule has 0 unspecified atom stereocenters. The number of aromatic nitrogens is 6. The lowest BCUT2D eigenvalue weighted by atomic mass is 9.87. The number of aliphatic carboxylic acids is 1. The van der Waals surface area contributed by atoms with E-state index in [1.807, 2.05) is 0 Å². The van der Waals surface area contributed by atoms with Crippen LogP contribution in [0.2, 0.25) is 0 Å². The molecule has 0 aliphatic carbocycles. The fraction of sp³-hybridized carbons (Fsp3) is 0.357. The lowest BCUT2D eigenvalue weighted by molar-refractivity contribution is -0.149. The van der Waals surface area contributed by atoms with Crippen molar-refractivity contribution in [3.05, 3.63) is 31.1 Å². The first-order valence-corrected chi connectivity index (χ1v) is 7.33. The number of piperidine rings is 1. The van der Waals surface area contributed by atoms with Gasteiger partial charge < -0.3 is 15.0 Å². The quantitative estimate of drug-likeness (QED) is 0.729. The summed E-state index contributed by atoms with van der Waals surface area (Å²) in [7, 11) is 0. The van der Waals surface area contributed by atoms with E-state index in [0.717, 1.165) is 11.3 Å². The molecule has 23 heavy (non-hydrogen) atoms. The summed E-state index contributed by atoms with van der Waals surface area (Å²) in [6, 6.07) is 1.75. The van der Waals surface area contributed by atoms with Gasteiger partial charge in [-0.2, -0.15) is 5.10 Å². The van der Waals surface area contributed by atoms with Crippen LogP contribution in [0.4, 0.5) is 5.82 Å². The van der Waals surface area contributed by atoms with E-state index in [1.54, 1.807) is 29.5 Å². The predicted molar refractivity (Wildman–Crippen MR) is 81.0 cm³/mol. The van der Waals surface area contributed by atoms with Crippen molar-refractivity contribution in [1.29, 1.82) is 0 Å². The minimum absolute atomic E-state index is 0.448. The van der Waals surface area contributed by atoms with Gasteiger partial charge in [-0.25, -0.2) is 19.7 Å². The third kappa shape index (κ3) is 2.04. The molecule has 1 fully saturated rings. The zero-order valence-corrected chi connectivity index (χ0v) is 12.3. The van der Waals surface area contributed by atoms with E-state index >= 15 is 0 Å². The SMILES string of the molecule is O=C(O)C1(n2cccn2)CCN(c2ncnc3nc[nH]c23)CC1. The molecular weight excluding hydrogens is 298 g/mol. The Balaban J connectivity index is 1.64. The first-order valence-electron chi connectivity index (χ1n) is 7.33.